The second-order valence-corrected chi connectivity index (χ2v) is 8.48. The predicted molar refractivity (Wildman–Crippen MR) is 118 cm³/mol. The number of rotatable bonds is 3. The van der Waals surface area contributed by atoms with Crippen molar-refractivity contribution in [2.75, 3.05) is 19.6 Å². The van der Waals surface area contributed by atoms with Crippen LogP contribution in [-0.4, -0.2) is 40.2 Å². The van der Waals surface area contributed by atoms with E-state index < -0.39 is 0 Å². The molecule has 2 aromatic carbocycles. The molecule has 2 aliphatic heterocycles. The minimum Gasteiger partial charge on any atom is -0.334 e. The van der Waals surface area contributed by atoms with E-state index in [-0.39, 0.29) is 11.8 Å². The van der Waals surface area contributed by atoms with Gasteiger partial charge in [-0.15, -0.1) is 0 Å². The molecule has 0 aliphatic carbocycles. The van der Waals surface area contributed by atoms with Gasteiger partial charge in [-0.1, -0.05) is 48.0 Å². The fraction of sp³-hybridized carbons (Fsp3) is 0.333. The number of hydrogen-bond donors (Lipinski definition) is 1. The monoisotopic (exact) mass is 420 g/mol. The summed E-state index contributed by atoms with van der Waals surface area (Å²) in [5.74, 6) is 0.345. The van der Waals surface area contributed by atoms with E-state index in [1.54, 1.807) is 6.20 Å². The number of aromatic nitrogens is 2. The fourth-order valence-electron chi connectivity index (χ4n) is 4.67. The molecule has 5 rings (SSSR count). The van der Waals surface area contributed by atoms with Gasteiger partial charge in [0.1, 0.15) is 0 Å². The summed E-state index contributed by atoms with van der Waals surface area (Å²) in [4.78, 5) is 15.6. The standard InChI is InChI=1S/C24H25ClN4O/c25-21-7-3-4-8-22(21)29-23(18-9-12-26-13-10-18)20(15-27-29)24(30)28-14-11-17-5-1-2-6-19(17)16-28/h1-8,15,18,26H,9-14,16H2. The molecule has 1 saturated heterocycles. The molecule has 2 aliphatic rings. The highest BCUT2D eigenvalue weighted by Crippen LogP contribution is 2.33. The Kier molecular flexibility index (Phi) is 5.32. The highest BCUT2D eigenvalue weighted by Gasteiger charge is 2.31. The molecule has 1 N–H and O–H groups in total. The Morgan fingerprint density at radius 1 is 1.03 bits per heavy atom. The van der Waals surface area contributed by atoms with Crippen LogP contribution < -0.4 is 5.32 Å². The van der Waals surface area contributed by atoms with E-state index in [0.29, 0.717) is 17.1 Å². The Balaban J connectivity index is 1.53. The summed E-state index contributed by atoms with van der Waals surface area (Å²) in [6.07, 6.45) is 4.60. The van der Waals surface area contributed by atoms with Gasteiger partial charge in [-0.25, -0.2) is 4.68 Å². The SMILES string of the molecule is O=C(c1cnn(-c2ccccc2Cl)c1C1CCNCC1)N1CCc2ccccc2C1. The van der Waals surface area contributed by atoms with Crippen molar-refractivity contribution in [2.24, 2.45) is 0 Å². The molecule has 1 amide bonds. The molecular formula is C24H25ClN4O. The Bertz CT molecular complexity index is 1070. The van der Waals surface area contributed by atoms with Crippen molar-refractivity contribution < 1.29 is 4.79 Å². The number of nitrogens with one attached hydrogen (secondary N) is 1. The molecule has 0 unspecified atom stereocenters. The Morgan fingerprint density at radius 2 is 1.77 bits per heavy atom. The first-order valence-corrected chi connectivity index (χ1v) is 11.0. The van der Waals surface area contributed by atoms with E-state index in [1.807, 2.05) is 39.9 Å². The van der Waals surface area contributed by atoms with E-state index >= 15 is 0 Å². The summed E-state index contributed by atoms with van der Waals surface area (Å²) < 4.78 is 1.89. The molecule has 0 atom stereocenters. The lowest BCUT2D eigenvalue weighted by atomic mass is 9.91. The maximum atomic E-state index is 13.6. The van der Waals surface area contributed by atoms with Gasteiger partial charge in [0.2, 0.25) is 0 Å². The highest BCUT2D eigenvalue weighted by molar-refractivity contribution is 6.32. The molecule has 0 spiro atoms. The lowest BCUT2D eigenvalue weighted by Gasteiger charge is -2.30. The lowest BCUT2D eigenvalue weighted by molar-refractivity contribution is 0.0732. The number of fused-ring (bicyclic) bond motifs is 1. The number of halogens is 1. The average Bonchev–Trinajstić information content (AvgIpc) is 3.24. The van der Waals surface area contributed by atoms with Gasteiger partial charge >= 0.3 is 0 Å². The van der Waals surface area contributed by atoms with Crippen LogP contribution in [0.4, 0.5) is 0 Å². The molecule has 0 radical (unpaired) electrons. The van der Waals surface area contributed by atoms with Crippen molar-refractivity contribution in [3.05, 3.63) is 82.1 Å². The zero-order chi connectivity index (χ0) is 20.5. The molecular weight excluding hydrogens is 396 g/mol. The van der Waals surface area contributed by atoms with Crippen LogP contribution in [0.1, 0.15) is 45.9 Å². The number of carbonyl (C=O) groups is 1. The molecule has 3 heterocycles. The molecule has 6 heteroatoms. The number of carbonyl (C=O) groups excluding carboxylic acids is 1. The molecule has 1 fully saturated rings. The number of amides is 1. The van der Waals surface area contributed by atoms with E-state index in [9.17, 15) is 4.79 Å². The number of benzene rings is 2. The van der Waals surface area contributed by atoms with Crippen molar-refractivity contribution in [2.45, 2.75) is 31.7 Å². The number of hydrogen-bond acceptors (Lipinski definition) is 3. The van der Waals surface area contributed by atoms with Crippen LogP contribution in [0.2, 0.25) is 5.02 Å². The minimum absolute atomic E-state index is 0.0661. The van der Waals surface area contributed by atoms with E-state index in [4.69, 9.17) is 11.6 Å². The summed E-state index contributed by atoms with van der Waals surface area (Å²) in [6.45, 7) is 3.28. The average molecular weight is 421 g/mol. The Labute approximate surface area is 181 Å². The van der Waals surface area contributed by atoms with E-state index in [0.717, 1.165) is 50.3 Å². The first-order chi connectivity index (χ1) is 14.7. The summed E-state index contributed by atoms with van der Waals surface area (Å²) >= 11 is 6.49. The minimum atomic E-state index is 0.0661. The second-order valence-electron chi connectivity index (χ2n) is 8.08. The quantitative estimate of drug-likeness (QED) is 0.691. The van der Waals surface area contributed by atoms with Gasteiger partial charge in [-0.05, 0) is 55.6 Å². The van der Waals surface area contributed by atoms with Crippen LogP contribution in [0.5, 0.6) is 0 Å². The van der Waals surface area contributed by atoms with Crippen LogP contribution in [0.3, 0.4) is 0 Å². The summed E-state index contributed by atoms with van der Waals surface area (Å²) in [5.41, 5.74) is 5.11. The van der Waals surface area contributed by atoms with Crippen LogP contribution in [-0.2, 0) is 13.0 Å². The van der Waals surface area contributed by atoms with Crippen molar-refractivity contribution in [3.8, 4) is 5.69 Å². The Hall–Kier alpha value is -2.63. The van der Waals surface area contributed by atoms with Crippen molar-refractivity contribution >= 4 is 17.5 Å². The van der Waals surface area contributed by atoms with E-state index in [1.165, 1.54) is 11.1 Å². The molecule has 30 heavy (non-hydrogen) atoms. The number of piperidine rings is 1. The van der Waals surface area contributed by atoms with E-state index in [2.05, 4.69) is 28.6 Å². The van der Waals surface area contributed by atoms with Crippen molar-refractivity contribution in [1.82, 2.24) is 20.0 Å². The lowest BCUT2D eigenvalue weighted by Crippen LogP contribution is -2.37. The summed E-state index contributed by atoms with van der Waals surface area (Å²) in [6, 6.07) is 16.1. The number of para-hydroxylation sites is 1. The second kappa shape index (κ2) is 8.25. The smallest absolute Gasteiger partial charge is 0.257 e. The predicted octanol–water partition coefficient (Wildman–Crippen LogP) is 4.19. The molecule has 3 aromatic rings. The highest BCUT2D eigenvalue weighted by atomic mass is 35.5. The van der Waals surface area contributed by atoms with Crippen LogP contribution in [0, 0.1) is 0 Å². The van der Waals surface area contributed by atoms with Gasteiger partial charge in [-0.3, -0.25) is 4.79 Å². The Morgan fingerprint density at radius 3 is 2.57 bits per heavy atom. The van der Waals surface area contributed by atoms with Gasteiger partial charge in [0, 0.05) is 19.0 Å². The maximum Gasteiger partial charge on any atom is 0.257 e. The first-order valence-electron chi connectivity index (χ1n) is 10.6. The maximum absolute atomic E-state index is 13.6. The van der Waals surface area contributed by atoms with Gasteiger partial charge in [0.15, 0.2) is 0 Å². The van der Waals surface area contributed by atoms with Gasteiger partial charge in [0.05, 0.1) is 28.2 Å². The van der Waals surface area contributed by atoms with Crippen LogP contribution >= 0.6 is 11.6 Å². The fourth-order valence-corrected chi connectivity index (χ4v) is 4.88. The molecule has 0 bridgehead atoms. The van der Waals surface area contributed by atoms with Crippen LogP contribution in [0.15, 0.2) is 54.7 Å². The van der Waals surface area contributed by atoms with Crippen molar-refractivity contribution in [1.29, 1.82) is 0 Å². The summed E-state index contributed by atoms with van der Waals surface area (Å²) in [7, 11) is 0. The van der Waals surface area contributed by atoms with Crippen LogP contribution in [0.25, 0.3) is 5.69 Å². The van der Waals surface area contributed by atoms with Gasteiger partial charge in [-0.2, -0.15) is 5.10 Å². The third-order valence-corrected chi connectivity index (χ3v) is 6.58. The molecule has 1 aromatic heterocycles. The normalized spacial score (nSPS) is 17.0. The third-order valence-electron chi connectivity index (χ3n) is 6.26. The topological polar surface area (TPSA) is 50.2 Å². The van der Waals surface area contributed by atoms with Gasteiger partial charge < -0.3 is 10.2 Å². The van der Waals surface area contributed by atoms with Gasteiger partial charge in [0.25, 0.3) is 5.91 Å². The number of nitrogens with zero attached hydrogens (tertiary/aromatic N) is 3. The summed E-state index contributed by atoms with van der Waals surface area (Å²) in [5, 5.41) is 8.71. The molecule has 5 nitrogen and oxygen atoms in total. The molecule has 154 valence electrons. The third kappa shape index (κ3) is 3.53. The zero-order valence-corrected chi connectivity index (χ0v) is 17.6. The molecule has 0 saturated carbocycles. The van der Waals surface area contributed by atoms with Crippen molar-refractivity contribution in [3.63, 3.8) is 0 Å². The largest absolute Gasteiger partial charge is 0.334 e. The zero-order valence-electron chi connectivity index (χ0n) is 16.9. The first kappa shape index (κ1) is 19.3.